The third-order valence-electron chi connectivity index (χ3n) is 11.5. The van der Waals surface area contributed by atoms with Crippen molar-refractivity contribution in [3.8, 4) is 11.5 Å². The predicted molar refractivity (Wildman–Crippen MR) is 161 cm³/mol. The van der Waals surface area contributed by atoms with Crippen molar-refractivity contribution >= 4 is 11.6 Å². The number of fused-ring (bicyclic) bond motifs is 6. The summed E-state index contributed by atoms with van der Waals surface area (Å²) in [6.45, 7) is 7.65. The van der Waals surface area contributed by atoms with Gasteiger partial charge in [0.2, 0.25) is 0 Å². The summed E-state index contributed by atoms with van der Waals surface area (Å²) < 4.78 is 12.8. The molecule has 2 aromatic rings. The Labute approximate surface area is 244 Å². The third-order valence-corrected chi connectivity index (χ3v) is 11.9. The van der Waals surface area contributed by atoms with Gasteiger partial charge < -0.3 is 19.5 Å². The molecule has 0 amide bonds. The van der Waals surface area contributed by atoms with Gasteiger partial charge in [-0.05, 0) is 123 Å². The number of benzene rings is 2. The van der Waals surface area contributed by atoms with E-state index in [0.29, 0.717) is 28.7 Å². The molecule has 214 valence electrons. The lowest BCUT2D eigenvalue weighted by Crippen LogP contribution is -2.52. The van der Waals surface area contributed by atoms with E-state index in [0.717, 1.165) is 63.2 Å². The van der Waals surface area contributed by atoms with Gasteiger partial charge in [-0.15, -0.1) is 0 Å². The molecular weight excluding hydrogens is 518 g/mol. The number of aromatic hydroxyl groups is 1. The highest BCUT2D eigenvalue weighted by Crippen LogP contribution is 2.69. The summed E-state index contributed by atoms with van der Waals surface area (Å²) in [5.74, 6) is 3.15. The molecule has 0 radical (unpaired) electrons. The molecule has 6 atom stereocenters. The standard InChI is InChI=1S/C35H44ClNO3/c1-34-23-29(24-7-9-25(10-8-24)39-21-6-20-37-18-3-2-4-19-37)32-26-13-14-31(38)33(36)27(26)11-12-28(32)30(34)15-17-35(34)16-5-22-40-35/h5,7-10,13-14,16,28-30,32,38H,2-4,6,11-12,15,17-23H2,1H3/t28-,29+,30-,32+,34-,35?/m0/s1. The van der Waals surface area contributed by atoms with Crippen molar-refractivity contribution in [3.63, 3.8) is 0 Å². The van der Waals surface area contributed by atoms with Crippen LogP contribution >= 0.6 is 11.6 Å². The highest BCUT2D eigenvalue weighted by Gasteiger charge is 2.64. The average molecular weight is 562 g/mol. The van der Waals surface area contributed by atoms with Gasteiger partial charge >= 0.3 is 0 Å². The van der Waals surface area contributed by atoms with Crippen LogP contribution in [-0.2, 0) is 11.2 Å². The van der Waals surface area contributed by atoms with Crippen LogP contribution in [0.15, 0.2) is 48.6 Å². The molecule has 2 aromatic carbocycles. The largest absolute Gasteiger partial charge is 0.506 e. The fourth-order valence-corrected chi connectivity index (χ4v) is 9.82. The minimum Gasteiger partial charge on any atom is -0.506 e. The van der Waals surface area contributed by atoms with E-state index < -0.39 is 0 Å². The Morgan fingerprint density at radius 1 is 1.07 bits per heavy atom. The molecule has 40 heavy (non-hydrogen) atoms. The quantitative estimate of drug-likeness (QED) is 0.288. The Morgan fingerprint density at radius 3 is 2.67 bits per heavy atom. The van der Waals surface area contributed by atoms with E-state index in [9.17, 15) is 5.11 Å². The minimum atomic E-state index is -0.134. The van der Waals surface area contributed by atoms with Gasteiger partial charge in [0.15, 0.2) is 0 Å². The van der Waals surface area contributed by atoms with Gasteiger partial charge in [-0.1, -0.05) is 55.3 Å². The zero-order chi connectivity index (χ0) is 27.3. The molecule has 7 rings (SSSR count). The van der Waals surface area contributed by atoms with Crippen LogP contribution in [-0.4, -0.2) is 48.5 Å². The summed E-state index contributed by atoms with van der Waals surface area (Å²) in [6, 6.07) is 13.0. The number of hydrogen-bond donors (Lipinski definition) is 1. The first-order valence-electron chi connectivity index (χ1n) is 15.8. The van der Waals surface area contributed by atoms with Crippen LogP contribution in [0, 0.1) is 17.3 Å². The molecule has 2 saturated carbocycles. The molecular formula is C35H44ClNO3. The molecule has 3 aliphatic carbocycles. The van der Waals surface area contributed by atoms with E-state index in [1.54, 1.807) is 0 Å². The van der Waals surface area contributed by atoms with E-state index in [4.69, 9.17) is 21.1 Å². The van der Waals surface area contributed by atoms with Crippen LogP contribution in [0.3, 0.4) is 0 Å². The predicted octanol–water partition coefficient (Wildman–Crippen LogP) is 7.88. The summed E-state index contributed by atoms with van der Waals surface area (Å²) >= 11 is 6.71. The van der Waals surface area contributed by atoms with E-state index in [-0.39, 0.29) is 16.8 Å². The second kappa shape index (κ2) is 10.7. The Kier molecular flexibility index (Phi) is 7.17. The summed E-state index contributed by atoms with van der Waals surface area (Å²) in [5.41, 5.74) is 3.87. The van der Waals surface area contributed by atoms with E-state index in [1.165, 1.54) is 49.9 Å². The summed E-state index contributed by atoms with van der Waals surface area (Å²) in [7, 11) is 0. The molecule has 1 unspecified atom stereocenters. The molecule has 1 spiro atoms. The average Bonchev–Trinajstić information content (AvgIpc) is 3.58. The number of likely N-dealkylation sites (tertiary alicyclic amines) is 1. The molecule has 0 aromatic heterocycles. The monoisotopic (exact) mass is 561 g/mol. The molecule has 2 heterocycles. The van der Waals surface area contributed by atoms with Gasteiger partial charge in [0.1, 0.15) is 11.5 Å². The van der Waals surface area contributed by atoms with Crippen molar-refractivity contribution in [2.24, 2.45) is 17.3 Å². The second-order valence-corrected chi connectivity index (χ2v) is 13.7. The number of halogens is 1. The van der Waals surface area contributed by atoms with Crippen molar-refractivity contribution in [1.82, 2.24) is 4.90 Å². The SMILES string of the molecule is C[C@]12C[C@H](c3ccc(OCCCN4CCCCC4)cc3)[C@@H]3c4ccc(O)c(Cl)c4CC[C@H]3[C@@H]1CCC21C=CCO1. The maximum absolute atomic E-state index is 10.4. The summed E-state index contributed by atoms with van der Waals surface area (Å²) in [5, 5.41) is 11.0. The van der Waals surface area contributed by atoms with Crippen molar-refractivity contribution in [3.05, 3.63) is 70.3 Å². The second-order valence-electron chi connectivity index (χ2n) is 13.3. The van der Waals surface area contributed by atoms with Crippen molar-refractivity contribution in [1.29, 1.82) is 0 Å². The first-order valence-corrected chi connectivity index (χ1v) is 16.1. The smallest absolute Gasteiger partial charge is 0.134 e. The molecule has 3 fully saturated rings. The summed E-state index contributed by atoms with van der Waals surface area (Å²) in [6.07, 6.45) is 15.3. The Morgan fingerprint density at radius 2 is 1.90 bits per heavy atom. The topological polar surface area (TPSA) is 41.9 Å². The molecule has 0 bridgehead atoms. The van der Waals surface area contributed by atoms with Crippen LogP contribution < -0.4 is 4.74 Å². The van der Waals surface area contributed by atoms with Crippen LogP contribution in [0.2, 0.25) is 5.02 Å². The number of hydrogen-bond acceptors (Lipinski definition) is 4. The number of rotatable bonds is 6. The lowest BCUT2D eigenvalue weighted by Gasteiger charge is -2.56. The first kappa shape index (κ1) is 26.9. The maximum atomic E-state index is 10.4. The summed E-state index contributed by atoms with van der Waals surface area (Å²) in [4.78, 5) is 2.58. The zero-order valence-corrected chi connectivity index (χ0v) is 24.7. The Balaban J connectivity index is 1.15. The van der Waals surface area contributed by atoms with E-state index in [1.807, 2.05) is 6.07 Å². The molecule has 4 nitrogen and oxygen atoms in total. The normalized spacial score (nSPS) is 35.0. The first-order chi connectivity index (χ1) is 19.5. The lowest BCUT2D eigenvalue weighted by molar-refractivity contribution is -0.101. The van der Waals surface area contributed by atoms with Crippen molar-refractivity contribution < 1.29 is 14.6 Å². The number of nitrogens with zero attached hydrogens (tertiary/aromatic N) is 1. The highest BCUT2D eigenvalue weighted by atomic mass is 35.5. The fourth-order valence-electron chi connectivity index (χ4n) is 9.55. The van der Waals surface area contributed by atoms with Crippen LogP contribution in [0.4, 0.5) is 0 Å². The number of ether oxygens (including phenoxy) is 2. The molecule has 5 heteroatoms. The van der Waals surface area contributed by atoms with Gasteiger partial charge in [0.05, 0.1) is 23.8 Å². The fraction of sp³-hybridized carbons (Fsp3) is 0.600. The zero-order valence-electron chi connectivity index (χ0n) is 23.9. The Bertz CT molecular complexity index is 1250. The van der Waals surface area contributed by atoms with Crippen LogP contribution in [0.1, 0.15) is 86.8 Å². The van der Waals surface area contributed by atoms with Gasteiger partial charge in [0, 0.05) is 12.0 Å². The van der Waals surface area contributed by atoms with Gasteiger partial charge in [-0.3, -0.25) is 0 Å². The number of phenols is 1. The van der Waals surface area contributed by atoms with E-state index in [2.05, 4.69) is 54.3 Å². The number of piperidine rings is 1. The van der Waals surface area contributed by atoms with Crippen molar-refractivity contribution in [2.45, 2.75) is 82.1 Å². The molecule has 5 aliphatic rings. The van der Waals surface area contributed by atoms with Gasteiger partial charge in [0.25, 0.3) is 0 Å². The number of phenolic OH excluding ortho intramolecular Hbond substituents is 1. The van der Waals surface area contributed by atoms with Crippen LogP contribution in [0.25, 0.3) is 0 Å². The maximum Gasteiger partial charge on any atom is 0.134 e. The molecule has 1 saturated heterocycles. The van der Waals surface area contributed by atoms with Crippen molar-refractivity contribution in [2.75, 3.05) is 32.8 Å². The Hall–Kier alpha value is -2.01. The third kappa shape index (κ3) is 4.41. The van der Waals surface area contributed by atoms with Crippen LogP contribution in [0.5, 0.6) is 11.5 Å². The highest BCUT2D eigenvalue weighted by molar-refractivity contribution is 6.32. The van der Waals surface area contributed by atoms with Gasteiger partial charge in [-0.2, -0.15) is 0 Å². The molecule has 2 aliphatic heterocycles. The minimum absolute atomic E-state index is 0.105. The van der Waals surface area contributed by atoms with Gasteiger partial charge in [-0.25, -0.2) is 0 Å². The lowest BCUT2D eigenvalue weighted by atomic mass is 9.49. The van der Waals surface area contributed by atoms with E-state index >= 15 is 0 Å². The molecule has 1 N–H and O–H groups in total.